The maximum Gasteiger partial charge on any atom is 0.256 e. The summed E-state index contributed by atoms with van der Waals surface area (Å²) in [5, 5.41) is 8.28. The highest BCUT2D eigenvalue weighted by atomic mass is 127. The number of aromatic amines is 1. The molecule has 7 nitrogen and oxygen atoms in total. The molecule has 2 atom stereocenters. The van der Waals surface area contributed by atoms with Gasteiger partial charge < -0.3 is 10.3 Å². The third-order valence-electron chi connectivity index (χ3n) is 5.80. The van der Waals surface area contributed by atoms with Crippen molar-refractivity contribution in [2.75, 3.05) is 18.9 Å². The number of nitrogens with one attached hydrogen (secondary N) is 2. The minimum atomic E-state index is -0.176. The second kappa shape index (κ2) is 8.68. The van der Waals surface area contributed by atoms with Crippen LogP contribution in [0, 0.1) is 0 Å². The summed E-state index contributed by atoms with van der Waals surface area (Å²) in [6.07, 6.45) is 8.61. The molecular weight excluding hydrogens is 522 g/mol. The normalized spacial score (nSPS) is 17.2. The van der Waals surface area contributed by atoms with Gasteiger partial charge in [0.1, 0.15) is 5.82 Å². The van der Waals surface area contributed by atoms with Gasteiger partial charge in [-0.2, -0.15) is 5.10 Å². The average Bonchev–Trinajstić information content (AvgIpc) is 3.52. The van der Waals surface area contributed by atoms with E-state index < -0.39 is 0 Å². The number of aromatic nitrogens is 4. The Bertz CT molecular complexity index is 1230. The molecule has 0 saturated carbocycles. The molecule has 0 spiro atoms. The van der Waals surface area contributed by atoms with Crippen LogP contribution in [0.5, 0.6) is 0 Å². The van der Waals surface area contributed by atoms with Gasteiger partial charge in [0.15, 0.2) is 0 Å². The van der Waals surface area contributed by atoms with Crippen molar-refractivity contribution in [1.82, 2.24) is 24.4 Å². The standard InChI is InChI=1S/C22H22IN6OP/c1-28-8-2-3-20(28)19-9-16-11-24-21(10-18(16)26-19)27-22(30)15-6-4-14(5-7-15)17-12-25-29(13-17)31-23/h4-7,9-13,20,26,31H,2-3,8H2,1H3,(H,24,27,30). The van der Waals surface area contributed by atoms with E-state index in [1.807, 2.05) is 53.4 Å². The molecule has 31 heavy (non-hydrogen) atoms. The van der Waals surface area contributed by atoms with E-state index in [4.69, 9.17) is 0 Å². The highest BCUT2D eigenvalue weighted by molar-refractivity contribution is 14.2. The molecule has 2 unspecified atom stereocenters. The molecule has 3 aromatic heterocycles. The van der Waals surface area contributed by atoms with Crippen molar-refractivity contribution in [1.29, 1.82) is 0 Å². The van der Waals surface area contributed by atoms with E-state index in [-0.39, 0.29) is 5.91 Å². The van der Waals surface area contributed by atoms with Gasteiger partial charge in [0, 0.05) is 46.7 Å². The Hall–Kier alpha value is -2.29. The predicted octanol–water partition coefficient (Wildman–Crippen LogP) is 5.24. The van der Waals surface area contributed by atoms with E-state index in [0.717, 1.165) is 35.0 Å². The average molecular weight is 544 g/mol. The van der Waals surface area contributed by atoms with E-state index in [0.29, 0.717) is 23.8 Å². The second-order valence-corrected chi connectivity index (χ2v) is 9.88. The van der Waals surface area contributed by atoms with Crippen molar-refractivity contribution < 1.29 is 4.79 Å². The van der Waals surface area contributed by atoms with Gasteiger partial charge in [-0.15, -0.1) is 0 Å². The molecule has 0 bridgehead atoms. The molecule has 2 N–H and O–H groups in total. The third kappa shape index (κ3) is 4.24. The number of halogens is 1. The number of anilines is 1. The summed E-state index contributed by atoms with van der Waals surface area (Å²) in [5.41, 5.74) is 4.87. The molecule has 0 radical (unpaired) electrons. The van der Waals surface area contributed by atoms with Gasteiger partial charge in [0.2, 0.25) is 0 Å². The van der Waals surface area contributed by atoms with Crippen molar-refractivity contribution >= 4 is 51.0 Å². The smallest absolute Gasteiger partial charge is 0.256 e. The number of likely N-dealkylation sites (tertiary alicyclic amines) is 1. The van der Waals surface area contributed by atoms with Crippen molar-refractivity contribution in [2.45, 2.75) is 18.9 Å². The monoisotopic (exact) mass is 544 g/mol. The van der Waals surface area contributed by atoms with E-state index in [1.165, 1.54) is 12.1 Å². The Morgan fingerprint density at radius 3 is 2.77 bits per heavy atom. The first kappa shape index (κ1) is 20.6. The van der Waals surface area contributed by atoms with Gasteiger partial charge in [-0.05, 0) is 72.2 Å². The fourth-order valence-electron chi connectivity index (χ4n) is 4.12. The van der Waals surface area contributed by atoms with Crippen molar-refractivity contribution in [2.24, 2.45) is 0 Å². The number of hydrogen-bond donors (Lipinski definition) is 2. The summed E-state index contributed by atoms with van der Waals surface area (Å²) >= 11 is 2.29. The van der Waals surface area contributed by atoms with Gasteiger partial charge in [-0.25, -0.2) is 9.44 Å². The Labute approximate surface area is 194 Å². The topological polar surface area (TPSA) is 78.8 Å². The molecule has 5 rings (SSSR count). The Morgan fingerprint density at radius 2 is 2.06 bits per heavy atom. The minimum Gasteiger partial charge on any atom is -0.357 e. The number of H-pyrrole nitrogens is 1. The van der Waals surface area contributed by atoms with Gasteiger partial charge >= 0.3 is 0 Å². The van der Waals surface area contributed by atoms with Crippen LogP contribution in [0.4, 0.5) is 5.82 Å². The van der Waals surface area contributed by atoms with E-state index in [1.54, 1.807) is 0 Å². The molecule has 1 aromatic carbocycles. The molecule has 1 aliphatic rings. The fourth-order valence-corrected chi connectivity index (χ4v) is 5.20. The number of benzene rings is 1. The molecule has 1 saturated heterocycles. The molecule has 1 aliphatic heterocycles. The highest BCUT2D eigenvalue weighted by Crippen LogP contribution is 2.32. The molecule has 9 heteroatoms. The molecule has 4 heterocycles. The van der Waals surface area contributed by atoms with Crippen LogP contribution in [0.1, 0.15) is 34.9 Å². The number of hydrogen-bond acceptors (Lipinski definition) is 4. The van der Waals surface area contributed by atoms with Gasteiger partial charge in [0.25, 0.3) is 5.91 Å². The number of rotatable bonds is 5. The number of pyridine rings is 1. The number of nitrogens with zero attached hydrogens (tertiary/aromatic N) is 4. The lowest BCUT2D eigenvalue weighted by atomic mass is 10.1. The second-order valence-electron chi connectivity index (χ2n) is 7.81. The Kier molecular flexibility index (Phi) is 5.77. The summed E-state index contributed by atoms with van der Waals surface area (Å²) in [6.45, 7) is 1.12. The summed E-state index contributed by atoms with van der Waals surface area (Å²) in [4.78, 5) is 23.0. The zero-order valence-electron chi connectivity index (χ0n) is 17.0. The van der Waals surface area contributed by atoms with Gasteiger partial charge in [0.05, 0.1) is 18.1 Å². The fraction of sp³-hybridized carbons (Fsp3) is 0.227. The molecule has 1 fully saturated rings. The summed E-state index contributed by atoms with van der Waals surface area (Å²) in [5.74, 6) is 0.365. The number of fused-ring (bicyclic) bond motifs is 1. The quantitative estimate of drug-likeness (QED) is 0.266. The lowest BCUT2D eigenvalue weighted by Crippen LogP contribution is -2.17. The van der Waals surface area contributed by atoms with Crippen molar-refractivity contribution in [3.8, 4) is 11.1 Å². The summed E-state index contributed by atoms with van der Waals surface area (Å²) in [6, 6.07) is 12.0. The molecular formula is C22H22IN6OP. The van der Waals surface area contributed by atoms with Crippen LogP contribution < -0.4 is 5.32 Å². The van der Waals surface area contributed by atoms with E-state index in [9.17, 15) is 4.79 Å². The number of carbonyl (C=O) groups excluding carboxylic acids is 1. The molecule has 0 aliphatic carbocycles. The van der Waals surface area contributed by atoms with Crippen LogP contribution in [0.15, 0.2) is 55.0 Å². The third-order valence-corrected chi connectivity index (χ3v) is 7.70. The first-order valence-corrected chi connectivity index (χ1v) is 14.2. The zero-order valence-corrected chi connectivity index (χ0v) is 20.1. The van der Waals surface area contributed by atoms with Crippen LogP contribution in [-0.2, 0) is 0 Å². The van der Waals surface area contributed by atoms with Crippen molar-refractivity contribution in [3.63, 3.8) is 0 Å². The van der Waals surface area contributed by atoms with Gasteiger partial charge in [-0.1, -0.05) is 12.1 Å². The number of carbonyl (C=O) groups is 1. The summed E-state index contributed by atoms with van der Waals surface area (Å²) < 4.78 is 1.90. The van der Waals surface area contributed by atoms with E-state index in [2.05, 4.69) is 60.4 Å². The minimum absolute atomic E-state index is 0.176. The van der Waals surface area contributed by atoms with Crippen molar-refractivity contribution in [3.05, 3.63) is 66.2 Å². The van der Waals surface area contributed by atoms with E-state index >= 15 is 0 Å². The summed E-state index contributed by atoms with van der Waals surface area (Å²) in [7, 11) is 2.16. The largest absolute Gasteiger partial charge is 0.357 e. The lowest BCUT2D eigenvalue weighted by molar-refractivity contribution is 0.102. The Morgan fingerprint density at radius 1 is 1.23 bits per heavy atom. The first-order valence-electron chi connectivity index (χ1n) is 10.1. The van der Waals surface area contributed by atoms with Crippen LogP contribution in [0.3, 0.4) is 0 Å². The molecule has 1 amide bonds. The lowest BCUT2D eigenvalue weighted by Gasteiger charge is -2.17. The van der Waals surface area contributed by atoms with Crippen LogP contribution in [0.2, 0.25) is 0 Å². The molecule has 158 valence electrons. The first-order chi connectivity index (χ1) is 15.1. The van der Waals surface area contributed by atoms with Gasteiger partial charge in [-0.3, -0.25) is 9.69 Å². The highest BCUT2D eigenvalue weighted by Gasteiger charge is 2.24. The molecule has 4 aromatic rings. The number of amides is 1. The zero-order chi connectivity index (χ0) is 21.4. The maximum atomic E-state index is 12.7. The van der Waals surface area contributed by atoms with Crippen LogP contribution >= 0.6 is 28.4 Å². The SMILES string of the molecule is CN1CCCC1c1cc2cnc(NC(=O)c3ccc(-c4cnn(PI)c4)cc3)cc2[nH]1. The Balaban J connectivity index is 1.31. The van der Waals surface area contributed by atoms with Crippen LogP contribution in [0.25, 0.3) is 22.0 Å². The van der Waals surface area contributed by atoms with Crippen LogP contribution in [-0.4, -0.2) is 43.9 Å². The predicted molar refractivity (Wildman–Crippen MR) is 134 cm³/mol. The maximum absolute atomic E-state index is 12.7.